The number of carbonyl (C=O) groups is 2. The fourth-order valence-electron chi connectivity index (χ4n) is 4.06. The lowest BCUT2D eigenvalue weighted by atomic mass is 10.0. The van der Waals surface area contributed by atoms with Gasteiger partial charge in [0.1, 0.15) is 11.8 Å². The van der Waals surface area contributed by atoms with Crippen LogP contribution in [-0.4, -0.2) is 35.9 Å². The Bertz CT molecular complexity index is 1120. The van der Waals surface area contributed by atoms with Crippen LogP contribution in [-0.2, 0) is 22.6 Å². The van der Waals surface area contributed by atoms with Crippen molar-refractivity contribution in [3.63, 3.8) is 0 Å². The average Bonchev–Trinajstić information content (AvgIpc) is 2.91. The van der Waals surface area contributed by atoms with Gasteiger partial charge in [0.05, 0.1) is 6.61 Å². The molecule has 1 N–H and O–H groups in total. The van der Waals surface area contributed by atoms with Crippen LogP contribution in [0.5, 0.6) is 5.75 Å². The van der Waals surface area contributed by atoms with Gasteiger partial charge in [0, 0.05) is 31.0 Å². The van der Waals surface area contributed by atoms with E-state index in [0.29, 0.717) is 31.0 Å². The largest absolute Gasteiger partial charge is 0.494 e. The van der Waals surface area contributed by atoms with Crippen LogP contribution in [0.4, 0.5) is 0 Å². The predicted octanol–water partition coefficient (Wildman–Crippen LogP) is 6.36. The lowest BCUT2D eigenvalue weighted by Crippen LogP contribution is -2.50. The molecule has 0 saturated carbocycles. The maximum atomic E-state index is 13.6. The van der Waals surface area contributed by atoms with Crippen LogP contribution in [0.1, 0.15) is 49.3 Å². The SMILES string of the molecule is CCCCNC(=O)[C@H](Cc1ccccc1)N(Cc1ccccc1Cl)C(=O)CCCOc1ccc(C)cc1. The summed E-state index contributed by atoms with van der Waals surface area (Å²) < 4.78 is 5.83. The summed E-state index contributed by atoms with van der Waals surface area (Å²) in [5.74, 6) is 0.538. The molecular formula is C31H37ClN2O3. The Hall–Kier alpha value is -3.31. The molecule has 1 atom stereocenters. The van der Waals surface area contributed by atoms with Gasteiger partial charge in [-0.2, -0.15) is 0 Å². The van der Waals surface area contributed by atoms with Crippen molar-refractivity contribution >= 4 is 23.4 Å². The highest BCUT2D eigenvalue weighted by atomic mass is 35.5. The molecule has 0 saturated heterocycles. The number of hydrogen-bond acceptors (Lipinski definition) is 3. The molecule has 3 aromatic carbocycles. The molecule has 0 bridgehead atoms. The predicted molar refractivity (Wildman–Crippen MR) is 150 cm³/mol. The summed E-state index contributed by atoms with van der Waals surface area (Å²) >= 11 is 6.47. The van der Waals surface area contributed by atoms with Crippen molar-refractivity contribution in [3.8, 4) is 5.75 Å². The molecule has 0 radical (unpaired) electrons. The van der Waals surface area contributed by atoms with Gasteiger partial charge >= 0.3 is 0 Å². The van der Waals surface area contributed by atoms with Crippen molar-refractivity contribution < 1.29 is 14.3 Å². The fourth-order valence-corrected chi connectivity index (χ4v) is 4.26. The van der Waals surface area contributed by atoms with Crippen molar-refractivity contribution in [2.75, 3.05) is 13.2 Å². The van der Waals surface area contributed by atoms with Gasteiger partial charge in [-0.25, -0.2) is 0 Å². The number of carbonyl (C=O) groups excluding carboxylic acids is 2. The number of amides is 2. The zero-order chi connectivity index (χ0) is 26.5. The highest BCUT2D eigenvalue weighted by Gasteiger charge is 2.30. The summed E-state index contributed by atoms with van der Waals surface area (Å²) in [6.07, 6.45) is 3.10. The molecule has 37 heavy (non-hydrogen) atoms. The molecule has 0 aromatic heterocycles. The number of aryl methyl sites for hydroxylation is 1. The molecule has 196 valence electrons. The van der Waals surface area contributed by atoms with E-state index in [2.05, 4.69) is 12.2 Å². The lowest BCUT2D eigenvalue weighted by Gasteiger charge is -2.32. The Labute approximate surface area is 225 Å². The zero-order valence-electron chi connectivity index (χ0n) is 21.8. The first kappa shape index (κ1) is 28.3. The van der Waals surface area contributed by atoms with E-state index in [-0.39, 0.29) is 24.8 Å². The van der Waals surface area contributed by atoms with E-state index >= 15 is 0 Å². The highest BCUT2D eigenvalue weighted by Crippen LogP contribution is 2.21. The van der Waals surface area contributed by atoms with E-state index in [1.807, 2.05) is 85.8 Å². The summed E-state index contributed by atoms with van der Waals surface area (Å²) in [6.45, 7) is 5.37. The van der Waals surface area contributed by atoms with Gasteiger partial charge in [-0.3, -0.25) is 9.59 Å². The van der Waals surface area contributed by atoms with Crippen LogP contribution in [0.2, 0.25) is 5.02 Å². The molecule has 3 rings (SSSR count). The molecule has 0 heterocycles. The Kier molecular flexibility index (Phi) is 11.5. The summed E-state index contributed by atoms with van der Waals surface area (Å²) in [5.41, 5.74) is 2.98. The number of hydrogen-bond donors (Lipinski definition) is 1. The van der Waals surface area contributed by atoms with Gasteiger partial charge in [0.25, 0.3) is 0 Å². The number of nitrogens with zero attached hydrogens (tertiary/aromatic N) is 1. The first-order valence-electron chi connectivity index (χ1n) is 13.0. The van der Waals surface area contributed by atoms with Crippen LogP contribution in [0, 0.1) is 6.92 Å². The number of halogens is 1. The molecule has 0 aliphatic carbocycles. The van der Waals surface area contributed by atoms with Crippen LogP contribution < -0.4 is 10.1 Å². The van der Waals surface area contributed by atoms with Gasteiger partial charge in [-0.15, -0.1) is 0 Å². The maximum Gasteiger partial charge on any atom is 0.243 e. The van der Waals surface area contributed by atoms with Gasteiger partial charge < -0.3 is 15.0 Å². The monoisotopic (exact) mass is 520 g/mol. The zero-order valence-corrected chi connectivity index (χ0v) is 22.5. The Morgan fingerprint density at radius 1 is 0.946 bits per heavy atom. The van der Waals surface area contributed by atoms with E-state index in [1.54, 1.807) is 4.90 Å². The van der Waals surface area contributed by atoms with Crippen LogP contribution in [0.15, 0.2) is 78.9 Å². The van der Waals surface area contributed by atoms with Gasteiger partial charge in [0.15, 0.2) is 0 Å². The van der Waals surface area contributed by atoms with Crippen molar-refractivity contribution in [1.82, 2.24) is 10.2 Å². The van der Waals surface area contributed by atoms with Gasteiger partial charge in [-0.05, 0) is 49.1 Å². The van der Waals surface area contributed by atoms with E-state index in [4.69, 9.17) is 16.3 Å². The smallest absolute Gasteiger partial charge is 0.243 e. The second-order valence-corrected chi connectivity index (χ2v) is 9.64. The van der Waals surface area contributed by atoms with Gasteiger partial charge in [-0.1, -0.05) is 91.2 Å². The van der Waals surface area contributed by atoms with Gasteiger partial charge in [0.2, 0.25) is 11.8 Å². The Morgan fingerprint density at radius 3 is 2.35 bits per heavy atom. The van der Waals surface area contributed by atoms with Crippen LogP contribution >= 0.6 is 11.6 Å². The molecule has 0 aliphatic rings. The van der Waals surface area contributed by atoms with E-state index < -0.39 is 6.04 Å². The minimum absolute atomic E-state index is 0.0981. The molecular weight excluding hydrogens is 484 g/mol. The standard InChI is InChI=1S/C31H37ClN2O3/c1-3-4-20-33-31(36)29(22-25-11-6-5-7-12-25)34(23-26-13-8-9-14-28(26)32)30(35)15-10-21-37-27-18-16-24(2)17-19-27/h5-9,11-14,16-19,29H,3-4,10,15,20-23H2,1-2H3,(H,33,36)/t29-/m0/s1. The highest BCUT2D eigenvalue weighted by molar-refractivity contribution is 6.31. The number of benzene rings is 3. The molecule has 0 unspecified atom stereocenters. The molecule has 0 spiro atoms. The summed E-state index contributed by atoms with van der Waals surface area (Å²) in [7, 11) is 0. The third-order valence-electron chi connectivity index (χ3n) is 6.22. The summed E-state index contributed by atoms with van der Waals surface area (Å²) in [5, 5.41) is 3.62. The maximum absolute atomic E-state index is 13.6. The van der Waals surface area contributed by atoms with Crippen molar-refractivity contribution in [1.29, 1.82) is 0 Å². The second kappa shape index (κ2) is 15.1. The molecule has 6 heteroatoms. The van der Waals surface area contributed by atoms with Crippen LogP contribution in [0.25, 0.3) is 0 Å². The topological polar surface area (TPSA) is 58.6 Å². The number of ether oxygens (including phenoxy) is 1. The normalized spacial score (nSPS) is 11.5. The second-order valence-electron chi connectivity index (χ2n) is 9.23. The Morgan fingerprint density at radius 2 is 1.65 bits per heavy atom. The minimum atomic E-state index is -0.652. The van der Waals surface area contributed by atoms with Crippen LogP contribution in [0.3, 0.4) is 0 Å². The molecule has 3 aromatic rings. The Balaban J connectivity index is 1.78. The average molecular weight is 521 g/mol. The first-order chi connectivity index (χ1) is 18.0. The fraction of sp³-hybridized carbons (Fsp3) is 0.355. The molecule has 5 nitrogen and oxygen atoms in total. The van der Waals surface area contributed by atoms with Crippen molar-refractivity contribution in [2.45, 2.75) is 58.5 Å². The summed E-state index contributed by atoms with van der Waals surface area (Å²) in [4.78, 5) is 28.7. The van der Waals surface area contributed by atoms with E-state index in [9.17, 15) is 9.59 Å². The quantitative estimate of drug-likeness (QED) is 0.251. The minimum Gasteiger partial charge on any atom is -0.494 e. The first-order valence-corrected chi connectivity index (χ1v) is 13.4. The molecule has 0 aliphatic heterocycles. The van der Waals surface area contributed by atoms with E-state index in [0.717, 1.165) is 29.7 Å². The van der Waals surface area contributed by atoms with E-state index in [1.165, 1.54) is 5.56 Å². The van der Waals surface area contributed by atoms with Crippen molar-refractivity contribution in [2.24, 2.45) is 0 Å². The number of unbranched alkanes of at least 4 members (excludes halogenated alkanes) is 1. The molecule has 0 fully saturated rings. The third-order valence-corrected chi connectivity index (χ3v) is 6.59. The third kappa shape index (κ3) is 9.25. The lowest BCUT2D eigenvalue weighted by molar-refractivity contribution is -0.141. The van der Waals surface area contributed by atoms with Crippen molar-refractivity contribution in [3.05, 3.63) is 101 Å². The number of rotatable bonds is 14. The number of nitrogens with one attached hydrogen (secondary N) is 1. The molecule has 2 amide bonds. The summed E-state index contributed by atoms with van der Waals surface area (Å²) in [6, 6.07) is 24.5.